The number of carbonyl (C=O) groups excluding carboxylic acids is 1. The third kappa shape index (κ3) is 3.24. The van der Waals surface area contributed by atoms with E-state index in [4.69, 9.17) is 0 Å². The predicted molar refractivity (Wildman–Crippen MR) is 77.8 cm³/mol. The number of nitrogens with one attached hydrogen (secondary N) is 1. The average Bonchev–Trinajstić information content (AvgIpc) is 2.53. The van der Waals surface area contributed by atoms with Crippen LogP contribution in [0.15, 0.2) is 60.7 Å². The number of hydrogen-bond donors (Lipinski definition) is 1. The first-order valence-electron chi connectivity index (χ1n) is 6.52. The van der Waals surface area contributed by atoms with Crippen molar-refractivity contribution < 1.29 is 4.79 Å². The Labute approximate surface area is 118 Å². The molecule has 2 rings (SSSR count). The predicted octanol–water partition coefficient (Wildman–Crippen LogP) is 3.17. The molecular weight excluding hydrogens is 248 g/mol. The highest BCUT2D eigenvalue weighted by Gasteiger charge is 2.19. The molecule has 0 aromatic heterocycles. The topological polar surface area (TPSA) is 52.9 Å². The summed E-state index contributed by atoms with van der Waals surface area (Å²) in [6.07, 6.45) is 0. The second kappa shape index (κ2) is 6.53. The Balaban J connectivity index is 2.09. The van der Waals surface area contributed by atoms with Gasteiger partial charge >= 0.3 is 0 Å². The Morgan fingerprint density at radius 1 is 1.00 bits per heavy atom. The monoisotopic (exact) mass is 264 g/mol. The number of amides is 1. The molecule has 0 radical (unpaired) electrons. The van der Waals surface area contributed by atoms with E-state index in [0.29, 0.717) is 0 Å². The minimum absolute atomic E-state index is 0.147. The van der Waals surface area contributed by atoms with Crippen LogP contribution in [-0.2, 0) is 4.79 Å². The third-order valence-corrected chi connectivity index (χ3v) is 3.24. The first-order valence-corrected chi connectivity index (χ1v) is 6.52. The van der Waals surface area contributed by atoms with Crippen molar-refractivity contribution in [2.45, 2.75) is 18.9 Å². The number of nitriles is 1. The molecule has 0 bridgehead atoms. The minimum atomic E-state index is -0.616. The van der Waals surface area contributed by atoms with Crippen LogP contribution in [0.25, 0.3) is 0 Å². The van der Waals surface area contributed by atoms with E-state index in [1.165, 1.54) is 0 Å². The first-order chi connectivity index (χ1) is 9.72. The zero-order chi connectivity index (χ0) is 14.4. The molecule has 0 aliphatic rings. The lowest BCUT2D eigenvalue weighted by Gasteiger charge is -2.16. The van der Waals surface area contributed by atoms with Gasteiger partial charge in [0.25, 0.3) is 0 Å². The van der Waals surface area contributed by atoms with Gasteiger partial charge in [-0.25, -0.2) is 0 Å². The number of carbonyl (C=O) groups is 1. The molecule has 100 valence electrons. The fourth-order valence-electron chi connectivity index (χ4n) is 2.00. The van der Waals surface area contributed by atoms with Crippen LogP contribution in [-0.4, -0.2) is 5.91 Å². The van der Waals surface area contributed by atoms with E-state index >= 15 is 0 Å². The van der Waals surface area contributed by atoms with E-state index in [9.17, 15) is 10.1 Å². The number of hydrogen-bond acceptors (Lipinski definition) is 2. The summed E-state index contributed by atoms with van der Waals surface area (Å²) >= 11 is 0. The van der Waals surface area contributed by atoms with E-state index in [0.717, 1.165) is 11.1 Å². The SMILES string of the molecule is CC(C(=O)NC(C#N)c1ccccc1)c1ccccc1. The van der Waals surface area contributed by atoms with Crippen molar-refractivity contribution in [1.82, 2.24) is 5.32 Å². The summed E-state index contributed by atoms with van der Waals surface area (Å²) in [6.45, 7) is 1.84. The van der Waals surface area contributed by atoms with Crippen LogP contribution in [0.3, 0.4) is 0 Å². The van der Waals surface area contributed by atoms with Gasteiger partial charge in [0.15, 0.2) is 0 Å². The molecule has 0 fully saturated rings. The second-order valence-electron chi connectivity index (χ2n) is 4.61. The van der Waals surface area contributed by atoms with Crippen LogP contribution < -0.4 is 5.32 Å². The number of rotatable bonds is 4. The molecule has 0 aliphatic heterocycles. The fourth-order valence-corrected chi connectivity index (χ4v) is 2.00. The smallest absolute Gasteiger partial charge is 0.228 e. The van der Waals surface area contributed by atoms with Gasteiger partial charge < -0.3 is 5.32 Å². The molecule has 0 heterocycles. The lowest BCUT2D eigenvalue weighted by atomic mass is 9.99. The largest absolute Gasteiger partial charge is 0.336 e. The van der Waals surface area contributed by atoms with Crippen LogP contribution >= 0.6 is 0 Å². The van der Waals surface area contributed by atoms with Gasteiger partial charge in [-0.05, 0) is 18.1 Å². The highest BCUT2D eigenvalue weighted by molar-refractivity contribution is 5.83. The second-order valence-corrected chi connectivity index (χ2v) is 4.61. The molecule has 3 nitrogen and oxygen atoms in total. The lowest BCUT2D eigenvalue weighted by molar-refractivity contribution is -0.122. The average molecular weight is 264 g/mol. The van der Waals surface area contributed by atoms with Crippen molar-refractivity contribution >= 4 is 5.91 Å². The Morgan fingerprint density at radius 3 is 2.00 bits per heavy atom. The molecule has 0 spiro atoms. The summed E-state index contributed by atoms with van der Waals surface area (Å²) in [4.78, 5) is 12.2. The molecule has 0 saturated carbocycles. The van der Waals surface area contributed by atoms with Crippen LogP contribution in [0.1, 0.15) is 30.0 Å². The summed E-state index contributed by atoms with van der Waals surface area (Å²) in [5, 5.41) is 12.0. The third-order valence-electron chi connectivity index (χ3n) is 3.24. The van der Waals surface area contributed by atoms with Crippen molar-refractivity contribution in [2.75, 3.05) is 0 Å². The summed E-state index contributed by atoms with van der Waals surface area (Å²) in [5.74, 6) is -0.428. The normalized spacial score (nSPS) is 13.0. The Kier molecular flexibility index (Phi) is 4.52. The summed E-state index contributed by atoms with van der Waals surface area (Å²) < 4.78 is 0. The fraction of sp³-hybridized carbons (Fsp3) is 0.176. The summed E-state index contributed by atoms with van der Waals surface area (Å²) in [5.41, 5.74) is 1.73. The first kappa shape index (κ1) is 13.8. The van der Waals surface area contributed by atoms with Gasteiger partial charge in [0.1, 0.15) is 6.04 Å². The summed E-state index contributed by atoms with van der Waals surface area (Å²) in [6, 6.07) is 20.3. The van der Waals surface area contributed by atoms with Crippen LogP contribution in [0, 0.1) is 11.3 Å². The van der Waals surface area contributed by atoms with Gasteiger partial charge in [-0.1, -0.05) is 60.7 Å². The van der Waals surface area contributed by atoms with Gasteiger partial charge in [0.05, 0.1) is 12.0 Å². The van der Waals surface area contributed by atoms with Crippen molar-refractivity contribution in [3.63, 3.8) is 0 Å². The van der Waals surface area contributed by atoms with Gasteiger partial charge in [-0.15, -0.1) is 0 Å². The van der Waals surface area contributed by atoms with Crippen LogP contribution in [0.2, 0.25) is 0 Å². The van der Waals surface area contributed by atoms with Gasteiger partial charge in [-0.3, -0.25) is 4.79 Å². The van der Waals surface area contributed by atoms with E-state index in [-0.39, 0.29) is 11.8 Å². The van der Waals surface area contributed by atoms with Crippen molar-refractivity contribution in [3.05, 3.63) is 71.8 Å². The molecule has 1 amide bonds. The molecule has 3 heteroatoms. The molecule has 2 aromatic rings. The van der Waals surface area contributed by atoms with Gasteiger partial charge in [0, 0.05) is 0 Å². The molecule has 20 heavy (non-hydrogen) atoms. The maximum absolute atomic E-state index is 12.2. The minimum Gasteiger partial charge on any atom is -0.336 e. The lowest BCUT2D eigenvalue weighted by Crippen LogP contribution is -2.31. The highest BCUT2D eigenvalue weighted by Crippen LogP contribution is 2.17. The zero-order valence-electron chi connectivity index (χ0n) is 11.3. The van der Waals surface area contributed by atoms with Crippen molar-refractivity contribution in [2.24, 2.45) is 0 Å². The molecule has 2 unspecified atom stereocenters. The molecule has 0 aliphatic carbocycles. The van der Waals surface area contributed by atoms with Crippen molar-refractivity contribution in [3.8, 4) is 6.07 Å². The van der Waals surface area contributed by atoms with E-state index in [1.54, 1.807) is 0 Å². The highest BCUT2D eigenvalue weighted by atomic mass is 16.1. The van der Waals surface area contributed by atoms with Crippen LogP contribution in [0.5, 0.6) is 0 Å². The van der Waals surface area contributed by atoms with Gasteiger partial charge in [0.2, 0.25) is 5.91 Å². The summed E-state index contributed by atoms with van der Waals surface area (Å²) in [7, 11) is 0. The molecule has 1 N–H and O–H groups in total. The molecule has 2 atom stereocenters. The maximum Gasteiger partial charge on any atom is 0.228 e. The number of benzene rings is 2. The zero-order valence-corrected chi connectivity index (χ0v) is 11.3. The molecular formula is C17H16N2O. The number of nitrogens with zero attached hydrogens (tertiary/aromatic N) is 1. The maximum atomic E-state index is 12.2. The Hall–Kier alpha value is -2.60. The van der Waals surface area contributed by atoms with Gasteiger partial charge in [-0.2, -0.15) is 5.26 Å². The molecule has 2 aromatic carbocycles. The van der Waals surface area contributed by atoms with E-state index in [2.05, 4.69) is 11.4 Å². The molecule has 0 saturated heterocycles. The Morgan fingerprint density at radius 2 is 1.50 bits per heavy atom. The quantitative estimate of drug-likeness (QED) is 0.922. The van der Waals surface area contributed by atoms with E-state index in [1.807, 2.05) is 67.6 Å². The van der Waals surface area contributed by atoms with Crippen LogP contribution in [0.4, 0.5) is 0 Å². The van der Waals surface area contributed by atoms with E-state index < -0.39 is 6.04 Å². The van der Waals surface area contributed by atoms with Crippen molar-refractivity contribution in [1.29, 1.82) is 5.26 Å². The Bertz CT molecular complexity index is 602. The standard InChI is InChI=1S/C17H16N2O/c1-13(14-8-4-2-5-9-14)17(20)19-16(12-18)15-10-6-3-7-11-15/h2-11,13,16H,1H3,(H,19,20).